The Morgan fingerprint density at radius 3 is 2.64 bits per heavy atom. The van der Waals surface area contributed by atoms with Crippen LogP contribution in [0.1, 0.15) is 6.92 Å². The summed E-state index contributed by atoms with van der Waals surface area (Å²) < 4.78 is 0. The van der Waals surface area contributed by atoms with Gasteiger partial charge in [-0.3, -0.25) is 10.1 Å². The van der Waals surface area contributed by atoms with E-state index in [2.05, 4.69) is 10.6 Å². The van der Waals surface area contributed by atoms with Crippen LogP contribution in [-0.4, -0.2) is 29.7 Å². The summed E-state index contributed by atoms with van der Waals surface area (Å²) in [5.74, 6) is -0.934. The Morgan fingerprint density at radius 2 is 2.18 bits per heavy atom. The van der Waals surface area contributed by atoms with Gasteiger partial charge in [0, 0.05) is 6.04 Å². The molecule has 0 bridgehead atoms. The Balaban J connectivity index is 2.66. The molecular weight excluding hydrogens is 148 g/mol. The second-order valence-corrected chi connectivity index (χ2v) is 2.54. The number of nitrogens with one attached hydrogen (secondary N) is 2. The second kappa shape index (κ2) is 2.87. The van der Waals surface area contributed by atoms with Crippen LogP contribution in [0.2, 0.25) is 0 Å². The van der Waals surface area contributed by atoms with E-state index in [4.69, 9.17) is 5.11 Å². The summed E-state index contributed by atoms with van der Waals surface area (Å²) in [5.41, 5.74) is 0. The molecule has 62 valence electrons. The Kier molecular flexibility index (Phi) is 2.09. The molecule has 5 heteroatoms. The van der Waals surface area contributed by atoms with Crippen molar-refractivity contribution in [1.29, 1.82) is 0 Å². The third-order valence-corrected chi connectivity index (χ3v) is 1.73. The van der Waals surface area contributed by atoms with Gasteiger partial charge in [-0.15, -0.1) is 0 Å². The van der Waals surface area contributed by atoms with Crippen LogP contribution in [0.25, 0.3) is 0 Å². The van der Waals surface area contributed by atoms with Crippen LogP contribution in [0.4, 0.5) is 4.79 Å². The molecule has 5 nitrogen and oxygen atoms in total. The highest BCUT2D eigenvalue weighted by Gasteiger charge is 2.31. The van der Waals surface area contributed by atoms with Crippen molar-refractivity contribution in [3.63, 3.8) is 0 Å². The molecule has 0 aliphatic carbocycles. The van der Waals surface area contributed by atoms with Crippen molar-refractivity contribution in [2.75, 3.05) is 6.61 Å². The maximum absolute atomic E-state index is 10.9. The predicted octanol–water partition coefficient (Wildman–Crippen LogP) is -1.18. The standard InChI is InChI=1S/C6H10N2O3/c1-3-4(2-9)5(10)8-6(11)7-3/h3-4,9H,2H2,1H3,(H2,7,8,10,11). The van der Waals surface area contributed by atoms with Gasteiger partial charge in [-0.2, -0.15) is 0 Å². The number of amides is 3. The van der Waals surface area contributed by atoms with Crippen molar-refractivity contribution in [2.45, 2.75) is 13.0 Å². The lowest BCUT2D eigenvalue weighted by atomic mass is 10.00. The van der Waals surface area contributed by atoms with Gasteiger partial charge in [0.15, 0.2) is 0 Å². The normalized spacial score (nSPS) is 31.1. The van der Waals surface area contributed by atoms with Gasteiger partial charge in [0.05, 0.1) is 12.5 Å². The van der Waals surface area contributed by atoms with Crippen molar-refractivity contribution in [3.05, 3.63) is 0 Å². The zero-order chi connectivity index (χ0) is 8.43. The first kappa shape index (κ1) is 8.00. The summed E-state index contributed by atoms with van der Waals surface area (Å²) >= 11 is 0. The molecular formula is C6H10N2O3. The molecule has 0 spiro atoms. The van der Waals surface area contributed by atoms with Gasteiger partial charge in [-0.05, 0) is 6.92 Å². The fourth-order valence-corrected chi connectivity index (χ4v) is 1.02. The van der Waals surface area contributed by atoms with E-state index in [1.165, 1.54) is 0 Å². The van der Waals surface area contributed by atoms with E-state index >= 15 is 0 Å². The molecule has 1 saturated heterocycles. The molecule has 2 unspecified atom stereocenters. The zero-order valence-electron chi connectivity index (χ0n) is 6.13. The molecule has 0 aromatic rings. The fraction of sp³-hybridized carbons (Fsp3) is 0.667. The van der Waals surface area contributed by atoms with Crippen molar-refractivity contribution in [2.24, 2.45) is 5.92 Å². The number of carbonyl (C=O) groups excluding carboxylic acids is 2. The summed E-state index contributed by atoms with van der Waals surface area (Å²) in [4.78, 5) is 21.5. The first-order chi connectivity index (χ1) is 5.15. The Morgan fingerprint density at radius 1 is 1.55 bits per heavy atom. The number of aliphatic hydroxyl groups excluding tert-OH is 1. The summed E-state index contributed by atoms with van der Waals surface area (Å²) in [5, 5.41) is 13.2. The fourth-order valence-electron chi connectivity index (χ4n) is 1.02. The molecule has 2 atom stereocenters. The third kappa shape index (κ3) is 1.48. The maximum Gasteiger partial charge on any atom is 0.321 e. The molecule has 1 rings (SSSR count). The topological polar surface area (TPSA) is 78.4 Å². The summed E-state index contributed by atoms with van der Waals surface area (Å²) in [6, 6.07) is -0.784. The van der Waals surface area contributed by atoms with Crippen LogP contribution in [0.5, 0.6) is 0 Å². The lowest BCUT2D eigenvalue weighted by Crippen LogP contribution is -2.58. The zero-order valence-corrected chi connectivity index (χ0v) is 6.13. The highest BCUT2D eigenvalue weighted by Crippen LogP contribution is 2.06. The number of imide groups is 1. The van der Waals surface area contributed by atoms with Crippen LogP contribution in [0.3, 0.4) is 0 Å². The van der Waals surface area contributed by atoms with Gasteiger partial charge >= 0.3 is 6.03 Å². The second-order valence-electron chi connectivity index (χ2n) is 2.54. The van der Waals surface area contributed by atoms with Crippen molar-refractivity contribution in [3.8, 4) is 0 Å². The van der Waals surface area contributed by atoms with E-state index in [0.29, 0.717) is 0 Å². The minimum atomic E-state index is -0.521. The molecule has 1 heterocycles. The molecule has 0 radical (unpaired) electrons. The third-order valence-electron chi connectivity index (χ3n) is 1.73. The van der Waals surface area contributed by atoms with Gasteiger partial charge in [0.1, 0.15) is 0 Å². The number of hydrogen-bond donors (Lipinski definition) is 3. The highest BCUT2D eigenvalue weighted by molar-refractivity contribution is 5.98. The van der Waals surface area contributed by atoms with Gasteiger partial charge < -0.3 is 10.4 Å². The van der Waals surface area contributed by atoms with Gasteiger partial charge in [0.25, 0.3) is 0 Å². The van der Waals surface area contributed by atoms with Crippen LogP contribution in [0, 0.1) is 5.92 Å². The number of urea groups is 1. The molecule has 0 saturated carbocycles. The van der Waals surface area contributed by atoms with Crippen molar-refractivity contribution < 1.29 is 14.7 Å². The van der Waals surface area contributed by atoms with E-state index in [-0.39, 0.29) is 12.6 Å². The van der Waals surface area contributed by atoms with E-state index in [1.807, 2.05) is 0 Å². The Hall–Kier alpha value is -1.10. The first-order valence-electron chi connectivity index (χ1n) is 3.37. The monoisotopic (exact) mass is 158 g/mol. The molecule has 3 N–H and O–H groups in total. The average Bonchev–Trinajstić information content (AvgIpc) is 1.85. The van der Waals surface area contributed by atoms with Crippen LogP contribution < -0.4 is 10.6 Å². The number of carbonyl (C=O) groups is 2. The van der Waals surface area contributed by atoms with E-state index in [1.54, 1.807) is 6.92 Å². The predicted molar refractivity (Wildman–Crippen MR) is 36.7 cm³/mol. The van der Waals surface area contributed by atoms with Crippen LogP contribution in [-0.2, 0) is 4.79 Å². The SMILES string of the molecule is CC1NC(=O)NC(=O)C1CO. The van der Waals surface area contributed by atoms with Gasteiger partial charge in [-0.1, -0.05) is 0 Å². The van der Waals surface area contributed by atoms with E-state index in [0.717, 1.165) is 0 Å². The maximum atomic E-state index is 10.9. The van der Waals surface area contributed by atoms with E-state index in [9.17, 15) is 9.59 Å². The molecule has 3 amide bonds. The molecule has 0 aromatic heterocycles. The smallest absolute Gasteiger partial charge is 0.321 e. The molecule has 1 aliphatic rings. The Bertz CT molecular complexity index is 192. The first-order valence-corrected chi connectivity index (χ1v) is 3.37. The lowest BCUT2D eigenvalue weighted by molar-refractivity contribution is -0.126. The minimum absolute atomic E-state index is 0.243. The molecule has 1 fully saturated rings. The molecule has 0 aromatic carbocycles. The number of hydrogen-bond acceptors (Lipinski definition) is 3. The lowest BCUT2D eigenvalue weighted by Gasteiger charge is -2.26. The quantitative estimate of drug-likeness (QED) is 0.449. The highest BCUT2D eigenvalue weighted by atomic mass is 16.3. The summed E-state index contributed by atoms with van der Waals surface area (Å²) in [7, 11) is 0. The van der Waals surface area contributed by atoms with Gasteiger partial charge in [-0.25, -0.2) is 4.79 Å². The summed E-state index contributed by atoms with van der Waals surface area (Å²) in [6.45, 7) is 1.44. The average molecular weight is 158 g/mol. The number of aliphatic hydroxyl groups is 1. The summed E-state index contributed by atoms with van der Waals surface area (Å²) in [6.07, 6.45) is 0. The van der Waals surface area contributed by atoms with Crippen molar-refractivity contribution in [1.82, 2.24) is 10.6 Å². The number of rotatable bonds is 1. The minimum Gasteiger partial charge on any atom is -0.395 e. The van der Waals surface area contributed by atoms with Gasteiger partial charge in [0.2, 0.25) is 5.91 Å². The largest absolute Gasteiger partial charge is 0.395 e. The van der Waals surface area contributed by atoms with Crippen molar-refractivity contribution >= 4 is 11.9 Å². The Labute approximate surface area is 63.8 Å². The van der Waals surface area contributed by atoms with Crippen LogP contribution >= 0.6 is 0 Å². The van der Waals surface area contributed by atoms with E-state index < -0.39 is 17.9 Å². The molecule has 1 aliphatic heterocycles. The molecule has 11 heavy (non-hydrogen) atoms. The van der Waals surface area contributed by atoms with Crippen LogP contribution in [0.15, 0.2) is 0 Å².